The maximum Gasteiger partial charge on any atom is 0.199 e. The molecule has 0 atom stereocenters. The number of aryl methyl sites for hydroxylation is 1. The standard InChI is InChI=1S/C22H26N4OS/c1-5-14-25-21(18-10-12-20(27-4)13-11-18)23-26(22(25)28)16-24(3)15-19-9-7-6-8-17(19)2/h5-13H,1,14-16H2,2-4H3. The van der Waals surface area contributed by atoms with Gasteiger partial charge in [-0.25, -0.2) is 4.68 Å². The first-order valence-electron chi connectivity index (χ1n) is 9.19. The van der Waals surface area contributed by atoms with E-state index in [0.717, 1.165) is 23.7 Å². The molecule has 3 rings (SSSR count). The SMILES string of the molecule is C=CCn1c(-c2ccc(OC)cc2)nn(CN(C)Cc2ccccc2C)c1=S. The summed E-state index contributed by atoms with van der Waals surface area (Å²) in [7, 11) is 3.74. The highest BCUT2D eigenvalue weighted by Crippen LogP contribution is 2.22. The smallest absolute Gasteiger partial charge is 0.199 e. The van der Waals surface area contributed by atoms with Crippen LogP contribution in [-0.4, -0.2) is 33.4 Å². The average molecular weight is 395 g/mol. The van der Waals surface area contributed by atoms with Gasteiger partial charge < -0.3 is 4.74 Å². The van der Waals surface area contributed by atoms with Crippen LogP contribution in [0.2, 0.25) is 0 Å². The van der Waals surface area contributed by atoms with Gasteiger partial charge in [-0.15, -0.1) is 6.58 Å². The van der Waals surface area contributed by atoms with Crippen LogP contribution in [0.3, 0.4) is 0 Å². The van der Waals surface area contributed by atoms with Crippen molar-refractivity contribution in [3.05, 3.63) is 77.1 Å². The molecular weight excluding hydrogens is 368 g/mol. The van der Waals surface area contributed by atoms with Crippen molar-refractivity contribution < 1.29 is 4.74 Å². The van der Waals surface area contributed by atoms with E-state index in [1.165, 1.54) is 11.1 Å². The van der Waals surface area contributed by atoms with E-state index in [9.17, 15) is 0 Å². The van der Waals surface area contributed by atoms with Gasteiger partial charge in [0.25, 0.3) is 0 Å². The lowest BCUT2D eigenvalue weighted by atomic mass is 10.1. The summed E-state index contributed by atoms with van der Waals surface area (Å²) in [6.07, 6.45) is 1.84. The van der Waals surface area contributed by atoms with Gasteiger partial charge in [0.05, 0.1) is 13.8 Å². The lowest BCUT2D eigenvalue weighted by molar-refractivity contribution is 0.243. The molecule has 1 heterocycles. The van der Waals surface area contributed by atoms with E-state index in [0.29, 0.717) is 18.0 Å². The lowest BCUT2D eigenvalue weighted by Gasteiger charge is -2.17. The zero-order valence-electron chi connectivity index (χ0n) is 16.6. The first-order chi connectivity index (χ1) is 13.5. The molecule has 0 saturated heterocycles. The molecule has 0 fully saturated rings. The summed E-state index contributed by atoms with van der Waals surface area (Å²) in [5.74, 6) is 1.65. The normalized spacial score (nSPS) is 11.0. The summed E-state index contributed by atoms with van der Waals surface area (Å²) in [5, 5.41) is 4.80. The molecule has 28 heavy (non-hydrogen) atoms. The maximum atomic E-state index is 5.70. The molecule has 0 spiro atoms. The van der Waals surface area contributed by atoms with Crippen LogP contribution < -0.4 is 4.74 Å². The van der Waals surface area contributed by atoms with E-state index < -0.39 is 0 Å². The fourth-order valence-corrected chi connectivity index (χ4v) is 3.40. The number of ether oxygens (including phenoxy) is 1. The molecule has 0 saturated carbocycles. The Labute approximate surface area is 171 Å². The van der Waals surface area contributed by atoms with Crippen LogP contribution in [0.5, 0.6) is 5.75 Å². The predicted molar refractivity (Wildman–Crippen MR) is 116 cm³/mol. The second-order valence-corrected chi connectivity index (χ2v) is 7.18. The molecule has 3 aromatic rings. The van der Waals surface area contributed by atoms with Crippen LogP contribution >= 0.6 is 12.2 Å². The van der Waals surface area contributed by atoms with Gasteiger partial charge in [0, 0.05) is 18.7 Å². The Balaban J connectivity index is 1.88. The van der Waals surface area contributed by atoms with Gasteiger partial charge in [0.2, 0.25) is 0 Å². The highest BCUT2D eigenvalue weighted by atomic mass is 32.1. The Morgan fingerprint density at radius 2 is 1.89 bits per heavy atom. The highest BCUT2D eigenvalue weighted by Gasteiger charge is 2.14. The van der Waals surface area contributed by atoms with Crippen LogP contribution in [0.4, 0.5) is 0 Å². The van der Waals surface area contributed by atoms with Crippen molar-refractivity contribution >= 4 is 12.2 Å². The summed E-state index contributed by atoms with van der Waals surface area (Å²) in [5.41, 5.74) is 3.58. The third kappa shape index (κ3) is 4.40. The number of hydrogen-bond donors (Lipinski definition) is 0. The van der Waals surface area contributed by atoms with Crippen molar-refractivity contribution in [2.45, 2.75) is 26.7 Å². The molecule has 0 aliphatic carbocycles. The summed E-state index contributed by atoms with van der Waals surface area (Å²) < 4.78 is 9.81. The molecule has 0 aliphatic heterocycles. The second-order valence-electron chi connectivity index (χ2n) is 6.82. The summed E-state index contributed by atoms with van der Waals surface area (Å²) in [6.45, 7) is 8.05. The first kappa shape index (κ1) is 20.0. The topological polar surface area (TPSA) is 35.2 Å². The van der Waals surface area contributed by atoms with Gasteiger partial charge in [-0.05, 0) is 61.6 Å². The molecule has 146 valence electrons. The molecule has 0 amide bonds. The lowest BCUT2D eigenvalue weighted by Crippen LogP contribution is -2.23. The number of nitrogens with zero attached hydrogens (tertiary/aromatic N) is 4. The first-order valence-corrected chi connectivity index (χ1v) is 9.60. The second kappa shape index (κ2) is 8.99. The number of aromatic nitrogens is 3. The zero-order chi connectivity index (χ0) is 20.1. The van der Waals surface area contributed by atoms with Crippen LogP contribution in [0.25, 0.3) is 11.4 Å². The van der Waals surface area contributed by atoms with Gasteiger partial charge >= 0.3 is 0 Å². The van der Waals surface area contributed by atoms with Gasteiger partial charge in [0.1, 0.15) is 5.75 Å². The van der Waals surface area contributed by atoms with E-state index in [1.807, 2.05) is 39.6 Å². The van der Waals surface area contributed by atoms with E-state index in [2.05, 4.69) is 49.7 Å². The number of hydrogen-bond acceptors (Lipinski definition) is 4. The summed E-state index contributed by atoms with van der Waals surface area (Å²) in [4.78, 5) is 2.21. The molecular formula is C22H26N4OS. The number of benzene rings is 2. The van der Waals surface area contributed by atoms with Gasteiger partial charge in [-0.1, -0.05) is 30.3 Å². The van der Waals surface area contributed by atoms with E-state index in [1.54, 1.807) is 7.11 Å². The molecule has 0 bridgehead atoms. The van der Waals surface area contributed by atoms with Gasteiger partial charge in [0.15, 0.2) is 10.6 Å². The Bertz CT molecular complexity index is 1000. The largest absolute Gasteiger partial charge is 0.497 e. The fraction of sp³-hybridized carbons (Fsp3) is 0.273. The number of methoxy groups -OCH3 is 1. The molecule has 5 nitrogen and oxygen atoms in total. The fourth-order valence-electron chi connectivity index (χ4n) is 3.14. The molecule has 2 aromatic carbocycles. The molecule has 0 N–H and O–H groups in total. The third-order valence-corrected chi connectivity index (χ3v) is 5.09. The van der Waals surface area contributed by atoms with E-state index >= 15 is 0 Å². The molecule has 1 aromatic heterocycles. The minimum Gasteiger partial charge on any atom is -0.497 e. The Morgan fingerprint density at radius 1 is 1.18 bits per heavy atom. The average Bonchev–Trinajstić information content (AvgIpc) is 3.00. The molecule has 0 aliphatic rings. The minimum atomic E-state index is 0.612. The van der Waals surface area contributed by atoms with Crippen molar-refractivity contribution in [1.82, 2.24) is 19.2 Å². The van der Waals surface area contributed by atoms with Crippen LogP contribution in [0.1, 0.15) is 11.1 Å². The van der Waals surface area contributed by atoms with Crippen molar-refractivity contribution in [2.24, 2.45) is 0 Å². The quantitative estimate of drug-likeness (QED) is 0.411. The molecule has 6 heteroatoms. The van der Waals surface area contributed by atoms with Crippen LogP contribution in [0, 0.1) is 11.7 Å². The van der Waals surface area contributed by atoms with E-state index in [-0.39, 0.29) is 0 Å². The Hall–Kier alpha value is -2.70. The van der Waals surface area contributed by atoms with Crippen molar-refractivity contribution in [2.75, 3.05) is 14.2 Å². The summed E-state index contributed by atoms with van der Waals surface area (Å²) >= 11 is 5.70. The monoisotopic (exact) mass is 394 g/mol. The van der Waals surface area contributed by atoms with Crippen LogP contribution in [0.15, 0.2) is 61.2 Å². The minimum absolute atomic E-state index is 0.612. The predicted octanol–water partition coefficient (Wildman–Crippen LogP) is 4.67. The zero-order valence-corrected chi connectivity index (χ0v) is 17.4. The third-order valence-electron chi connectivity index (χ3n) is 4.66. The van der Waals surface area contributed by atoms with Crippen molar-refractivity contribution in [3.8, 4) is 17.1 Å². The van der Waals surface area contributed by atoms with Crippen molar-refractivity contribution in [1.29, 1.82) is 0 Å². The van der Waals surface area contributed by atoms with Crippen LogP contribution in [-0.2, 0) is 19.8 Å². The highest BCUT2D eigenvalue weighted by molar-refractivity contribution is 7.71. The maximum absolute atomic E-state index is 5.70. The molecule has 0 unspecified atom stereocenters. The summed E-state index contributed by atoms with van der Waals surface area (Å²) in [6, 6.07) is 16.3. The van der Waals surface area contributed by atoms with Gasteiger partial charge in [-0.3, -0.25) is 9.47 Å². The number of rotatable bonds is 8. The molecule has 0 radical (unpaired) electrons. The van der Waals surface area contributed by atoms with Crippen molar-refractivity contribution in [3.63, 3.8) is 0 Å². The Kier molecular flexibility index (Phi) is 6.44. The number of allylic oxidation sites excluding steroid dienone is 1. The van der Waals surface area contributed by atoms with E-state index in [4.69, 9.17) is 22.1 Å². The van der Waals surface area contributed by atoms with Gasteiger partial charge in [-0.2, -0.15) is 5.10 Å². The Morgan fingerprint density at radius 3 is 2.54 bits per heavy atom.